The minimum atomic E-state index is 0.576. The van der Waals surface area contributed by atoms with Crippen LogP contribution < -0.4 is 0 Å². The van der Waals surface area contributed by atoms with Gasteiger partial charge in [0.15, 0.2) is 11.6 Å². The molecule has 12 aromatic rings. The molecule has 0 fully saturated rings. The van der Waals surface area contributed by atoms with E-state index in [4.69, 9.17) is 23.8 Å². The SMILES string of the molecule is c1ccc(-c2nc(-c3ccc(-c4cccc5oc6cc(-c7ccc8oc9ccccc9c8c7)ccc6c45)cc3)nc(-n3c4ccccc4c4ccccc43)n2)cc1. The van der Waals surface area contributed by atoms with Crippen LogP contribution in [0, 0.1) is 0 Å². The molecule has 4 aromatic heterocycles. The van der Waals surface area contributed by atoms with Gasteiger partial charge >= 0.3 is 0 Å². The quantitative estimate of drug-likeness (QED) is 0.176. The molecule has 0 radical (unpaired) electrons. The molecule has 266 valence electrons. The lowest BCUT2D eigenvalue weighted by Crippen LogP contribution is -2.06. The zero-order chi connectivity index (χ0) is 37.5. The molecule has 0 saturated carbocycles. The van der Waals surface area contributed by atoms with Gasteiger partial charge in [-0.15, -0.1) is 0 Å². The van der Waals surface area contributed by atoms with Gasteiger partial charge in [0.2, 0.25) is 5.95 Å². The average Bonchev–Trinajstić information content (AvgIpc) is 3.96. The first-order chi connectivity index (χ1) is 28.2. The van der Waals surface area contributed by atoms with Gasteiger partial charge in [0.25, 0.3) is 0 Å². The predicted molar refractivity (Wildman–Crippen MR) is 230 cm³/mol. The fourth-order valence-electron chi connectivity index (χ4n) is 8.40. The van der Waals surface area contributed by atoms with Crippen molar-refractivity contribution in [3.05, 3.63) is 182 Å². The molecule has 0 aliphatic carbocycles. The lowest BCUT2D eigenvalue weighted by atomic mass is 9.97. The minimum absolute atomic E-state index is 0.576. The summed E-state index contributed by atoms with van der Waals surface area (Å²) in [6.07, 6.45) is 0. The number of aromatic nitrogens is 4. The van der Waals surface area contributed by atoms with Crippen molar-refractivity contribution in [2.24, 2.45) is 0 Å². The predicted octanol–water partition coefficient (Wildman–Crippen LogP) is 13.4. The molecule has 6 heteroatoms. The molecule has 8 aromatic carbocycles. The monoisotopic (exact) mass is 730 g/mol. The third-order valence-corrected chi connectivity index (χ3v) is 11.1. The number of nitrogens with zero attached hydrogens (tertiary/aromatic N) is 4. The Kier molecular flexibility index (Phi) is 6.83. The van der Waals surface area contributed by atoms with E-state index < -0.39 is 0 Å². The van der Waals surface area contributed by atoms with Crippen LogP contribution in [0.1, 0.15) is 0 Å². The number of furan rings is 2. The van der Waals surface area contributed by atoms with Crippen LogP contribution >= 0.6 is 0 Å². The second-order valence-corrected chi connectivity index (χ2v) is 14.4. The third kappa shape index (κ3) is 5.01. The summed E-state index contributed by atoms with van der Waals surface area (Å²) >= 11 is 0. The van der Waals surface area contributed by atoms with Crippen molar-refractivity contribution in [1.82, 2.24) is 19.5 Å². The number of hydrogen-bond acceptors (Lipinski definition) is 5. The zero-order valence-electron chi connectivity index (χ0n) is 30.4. The van der Waals surface area contributed by atoms with Gasteiger partial charge in [-0.3, -0.25) is 4.57 Å². The largest absolute Gasteiger partial charge is 0.456 e. The molecule has 0 N–H and O–H groups in total. The molecule has 0 aliphatic rings. The molecule has 0 spiro atoms. The second-order valence-electron chi connectivity index (χ2n) is 14.4. The number of para-hydroxylation sites is 3. The van der Waals surface area contributed by atoms with E-state index >= 15 is 0 Å². The highest BCUT2D eigenvalue weighted by Crippen LogP contribution is 2.40. The maximum Gasteiger partial charge on any atom is 0.238 e. The van der Waals surface area contributed by atoms with Crippen molar-refractivity contribution in [2.45, 2.75) is 0 Å². The van der Waals surface area contributed by atoms with E-state index in [0.717, 1.165) is 99.1 Å². The van der Waals surface area contributed by atoms with E-state index in [1.807, 2.05) is 54.6 Å². The summed E-state index contributed by atoms with van der Waals surface area (Å²) in [6.45, 7) is 0. The van der Waals surface area contributed by atoms with Gasteiger partial charge in [-0.25, -0.2) is 4.98 Å². The standard InChI is InChI=1S/C51H30N4O2/c1-2-11-32(12-3-1)49-52-50(54-51(53-49)55-42-17-7-4-13-37(42)38-14-5-8-18-43(38)55)33-23-21-31(22-24-33)36-16-10-20-46-48(36)40-27-25-35(30-47(40)57-46)34-26-28-45-41(29-34)39-15-6-9-19-44(39)56-45/h1-30H. The summed E-state index contributed by atoms with van der Waals surface area (Å²) in [5.74, 6) is 1.80. The van der Waals surface area contributed by atoms with Gasteiger partial charge in [0.1, 0.15) is 22.3 Å². The maximum absolute atomic E-state index is 6.53. The van der Waals surface area contributed by atoms with Gasteiger partial charge in [-0.1, -0.05) is 133 Å². The summed E-state index contributed by atoms with van der Waals surface area (Å²) in [5, 5.41) is 6.69. The van der Waals surface area contributed by atoms with Crippen molar-refractivity contribution in [3.8, 4) is 51.0 Å². The summed E-state index contributed by atoms with van der Waals surface area (Å²) in [5.41, 5.74) is 11.8. The average molecular weight is 731 g/mol. The van der Waals surface area contributed by atoms with Crippen molar-refractivity contribution in [1.29, 1.82) is 0 Å². The Hall–Kier alpha value is -7.83. The first kappa shape index (κ1) is 31.5. The van der Waals surface area contributed by atoms with Crippen LogP contribution in [-0.4, -0.2) is 19.5 Å². The Bertz CT molecular complexity index is 3470. The highest BCUT2D eigenvalue weighted by Gasteiger charge is 2.19. The molecule has 0 amide bonds. The van der Waals surface area contributed by atoms with Crippen molar-refractivity contribution < 1.29 is 8.83 Å². The zero-order valence-corrected chi connectivity index (χ0v) is 30.4. The van der Waals surface area contributed by atoms with Gasteiger partial charge in [-0.2, -0.15) is 9.97 Å². The molecule has 12 rings (SSSR count). The van der Waals surface area contributed by atoms with Crippen LogP contribution in [-0.2, 0) is 0 Å². The molecule has 0 saturated heterocycles. The Morgan fingerprint density at radius 1 is 0.333 bits per heavy atom. The molecular weight excluding hydrogens is 701 g/mol. The fraction of sp³-hybridized carbons (Fsp3) is 0. The van der Waals surface area contributed by atoms with E-state index in [2.05, 4.69) is 132 Å². The lowest BCUT2D eigenvalue weighted by molar-refractivity contribution is 0.669. The lowest BCUT2D eigenvalue weighted by Gasteiger charge is -2.11. The Labute approximate surface area is 325 Å². The van der Waals surface area contributed by atoms with Crippen LogP contribution in [0.3, 0.4) is 0 Å². The summed E-state index contributed by atoms with van der Waals surface area (Å²) in [4.78, 5) is 15.2. The number of fused-ring (bicyclic) bond motifs is 9. The Morgan fingerprint density at radius 3 is 1.67 bits per heavy atom. The normalized spacial score (nSPS) is 11.9. The van der Waals surface area contributed by atoms with Gasteiger partial charge < -0.3 is 8.83 Å². The molecule has 0 atom stereocenters. The van der Waals surface area contributed by atoms with E-state index in [1.54, 1.807) is 0 Å². The van der Waals surface area contributed by atoms with Crippen LogP contribution in [0.5, 0.6) is 0 Å². The molecule has 6 nitrogen and oxygen atoms in total. The highest BCUT2D eigenvalue weighted by molar-refractivity contribution is 6.13. The molecule has 57 heavy (non-hydrogen) atoms. The van der Waals surface area contributed by atoms with Gasteiger partial charge in [0, 0.05) is 43.4 Å². The molecule has 4 heterocycles. The first-order valence-electron chi connectivity index (χ1n) is 19.0. The fourth-order valence-corrected chi connectivity index (χ4v) is 8.40. The van der Waals surface area contributed by atoms with Crippen LogP contribution in [0.25, 0.3) is 117 Å². The topological polar surface area (TPSA) is 69.9 Å². The van der Waals surface area contributed by atoms with Gasteiger partial charge in [-0.05, 0) is 70.8 Å². The second kappa shape index (κ2) is 12.3. The molecule has 0 bridgehead atoms. The third-order valence-electron chi connectivity index (χ3n) is 11.1. The Morgan fingerprint density at radius 2 is 0.895 bits per heavy atom. The summed E-state index contributed by atoms with van der Waals surface area (Å²) in [6, 6.07) is 62.7. The Balaban J connectivity index is 0.954. The van der Waals surface area contributed by atoms with E-state index in [1.165, 1.54) is 0 Å². The number of hydrogen-bond donors (Lipinski definition) is 0. The van der Waals surface area contributed by atoms with E-state index in [9.17, 15) is 0 Å². The number of benzene rings is 8. The molecule has 0 unspecified atom stereocenters. The number of rotatable bonds is 5. The maximum atomic E-state index is 6.53. The highest BCUT2D eigenvalue weighted by atomic mass is 16.3. The van der Waals surface area contributed by atoms with Crippen LogP contribution in [0.4, 0.5) is 0 Å². The first-order valence-corrected chi connectivity index (χ1v) is 19.0. The van der Waals surface area contributed by atoms with Crippen LogP contribution in [0.2, 0.25) is 0 Å². The van der Waals surface area contributed by atoms with E-state index in [0.29, 0.717) is 17.6 Å². The molecular formula is C51H30N4O2. The van der Waals surface area contributed by atoms with E-state index in [-0.39, 0.29) is 0 Å². The molecule has 0 aliphatic heterocycles. The van der Waals surface area contributed by atoms with Crippen molar-refractivity contribution >= 4 is 65.7 Å². The summed E-state index contributed by atoms with van der Waals surface area (Å²) < 4.78 is 14.8. The summed E-state index contributed by atoms with van der Waals surface area (Å²) in [7, 11) is 0. The van der Waals surface area contributed by atoms with Gasteiger partial charge in [0.05, 0.1) is 11.0 Å². The minimum Gasteiger partial charge on any atom is -0.456 e. The van der Waals surface area contributed by atoms with Crippen LogP contribution in [0.15, 0.2) is 191 Å². The van der Waals surface area contributed by atoms with Crippen molar-refractivity contribution in [3.63, 3.8) is 0 Å². The van der Waals surface area contributed by atoms with Crippen molar-refractivity contribution in [2.75, 3.05) is 0 Å². The smallest absolute Gasteiger partial charge is 0.238 e.